The molecule has 1 N–H and O–H groups in total. The maximum atomic E-state index is 13.5. The van der Waals surface area contributed by atoms with E-state index in [1.165, 1.54) is 24.3 Å². The summed E-state index contributed by atoms with van der Waals surface area (Å²) in [5, 5.41) is 11.9. The third kappa shape index (κ3) is 3.46. The molecule has 0 amide bonds. The highest BCUT2D eigenvalue weighted by atomic mass is 19.1. The molecule has 4 heterocycles. The Morgan fingerprint density at radius 1 is 1.13 bits per heavy atom. The number of hydrogen-bond donors (Lipinski definition) is 1. The number of carbonyl (C=O) groups is 2. The highest BCUT2D eigenvalue weighted by Gasteiger charge is 2.45. The molecule has 2 aliphatic rings. The van der Waals surface area contributed by atoms with Crippen molar-refractivity contribution in [3.63, 3.8) is 0 Å². The maximum Gasteiger partial charge on any atom is 0.343 e. The first-order chi connectivity index (χ1) is 18.2. The molecule has 9 heteroatoms. The lowest BCUT2D eigenvalue weighted by Crippen LogP contribution is -2.44. The number of aliphatic hydroxyl groups is 1. The Hall–Kier alpha value is -4.37. The number of halogens is 1. The van der Waals surface area contributed by atoms with Crippen molar-refractivity contribution in [2.75, 3.05) is 0 Å². The predicted molar refractivity (Wildman–Crippen MR) is 135 cm³/mol. The maximum absolute atomic E-state index is 13.5. The van der Waals surface area contributed by atoms with Crippen LogP contribution in [0.3, 0.4) is 0 Å². The molecule has 6 rings (SSSR count). The first-order valence-corrected chi connectivity index (χ1v) is 12.4. The van der Waals surface area contributed by atoms with Gasteiger partial charge in [0.25, 0.3) is 5.56 Å². The number of carbonyl (C=O) groups excluding carboxylic acids is 2. The lowest BCUT2D eigenvalue weighted by molar-refractivity contribution is -0.172. The van der Waals surface area contributed by atoms with Crippen LogP contribution in [0.4, 0.5) is 4.39 Å². The van der Waals surface area contributed by atoms with E-state index in [-0.39, 0.29) is 41.8 Å². The van der Waals surface area contributed by atoms with Crippen molar-refractivity contribution < 1.29 is 28.6 Å². The summed E-state index contributed by atoms with van der Waals surface area (Å²) in [5.74, 6) is -1.51. The molecular weight excluding hydrogens is 491 g/mol. The van der Waals surface area contributed by atoms with Crippen molar-refractivity contribution in [2.24, 2.45) is 0 Å². The number of ether oxygens (including phenoxy) is 2. The Morgan fingerprint density at radius 2 is 1.89 bits per heavy atom. The van der Waals surface area contributed by atoms with E-state index in [1.54, 1.807) is 35.8 Å². The minimum Gasteiger partial charge on any atom is -0.458 e. The van der Waals surface area contributed by atoms with Crippen LogP contribution in [0.2, 0.25) is 0 Å². The molecule has 0 unspecified atom stereocenters. The topological polar surface area (TPSA) is 108 Å². The van der Waals surface area contributed by atoms with Crippen molar-refractivity contribution in [3.05, 3.63) is 92.5 Å². The Labute approximate surface area is 216 Å². The number of fused-ring (bicyclic) bond motifs is 5. The zero-order valence-corrected chi connectivity index (χ0v) is 20.7. The van der Waals surface area contributed by atoms with Crippen LogP contribution in [0.1, 0.15) is 52.9 Å². The van der Waals surface area contributed by atoms with E-state index in [4.69, 9.17) is 14.5 Å². The molecule has 2 aliphatic heterocycles. The molecule has 0 aliphatic carbocycles. The Kier molecular flexibility index (Phi) is 5.43. The minimum atomic E-state index is -1.89. The van der Waals surface area contributed by atoms with E-state index in [9.17, 15) is 23.9 Å². The van der Waals surface area contributed by atoms with Gasteiger partial charge in [-0.2, -0.15) is 0 Å². The van der Waals surface area contributed by atoms with E-state index < -0.39 is 23.4 Å². The van der Waals surface area contributed by atoms with Crippen LogP contribution >= 0.6 is 0 Å². The van der Waals surface area contributed by atoms with Gasteiger partial charge in [-0.15, -0.1) is 0 Å². The molecule has 8 nitrogen and oxygen atoms in total. The molecule has 2 aromatic carbocycles. The Morgan fingerprint density at radius 3 is 2.61 bits per heavy atom. The van der Waals surface area contributed by atoms with Crippen LogP contribution in [0.15, 0.2) is 53.3 Å². The SMILES string of the molecule is CCc1c2c(nc3ccc(OC(=O)c4ccc(F)cc4)cc13)-c1cc3c(c(=O)n1C2)COC(=O)[C@]3(O)CC. The second-order valence-electron chi connectivity index (χ2n) is 9.45. The van der Waals surface area contributed by atoms with Crippen LogP contribution in [-0.2, 0) is 34.7 Å². The van der Waals surface area contributed by atoms with E-state index in [0.29, 0.717) is 29.1 Å². The molecule has 0 spiro atoms. The van der Waals surface area contributed by atoms with Crippen LogP contribution in [0, 0.1) is 5.82 Å². The van der Waals surface area contributed by atoms with E-state index in [1.807, 2.05) is 6.92 Å². The standard InChI is InChI=1S/C29H23FN2O6/c1-3-18-19-11-17(38-27(34)15-5-7-16(30)8-6-15)9-10-23(19)31-25-20(18)13-32-24(25)12-22-21(26(32)33)14-37-28(35)29(22,36)4-2/h5-12,36H,3-4,13-14H2,1-2H3/t29-/m0/s1. The van der Waals surface area contributed by atoms with Crippen molar-refractivity contribution in [3.8, 4) is 17.1 Å². The van der Waals surface area contributed by atoms with Gasteiger partial charge in [-0.25, -0.2) is 19.0 Å². The lowest BCUT2D eigenvalue weighted by Gasteiger charge is -2.31. The number of cyclic esters (lactones) is 1. The van der Waals surface area contributed by atoms with Crippen LogP contribution < -0.4 is 10.3 Å². The fraction of sp³-hybridized carbons (Fsp3) is 0.241. The van der Waals surface area contributed by atoms with Crippen molar-refractivity contribution in [1.82, 2.24) is 9.55 Å². The molecule has 0 saturated heterocycles. The summed E-state index contributed by atoms with van der Waals surface area (Å²) in [6.45, 7) is 3.74. The molecule has 0 radical (unpaired) electrons. The third-order valence-electron chi connectivity index (χ3n) is 7.42. The third-order valence-corrected chi connectivity index (χ3v) is 7.42. The van der Waals surface area contributed by atoms with Gasteiger partial charge in [-0.05, 0) is 66.9 Å². The molecule has 0 saturated carbocycles. The first kappa shape index (κ1) is 24.0. The number of pyridine rings is 2. The minimum absolute atomic E-state index is 0.0688. The molecule has 0 fully saturated rings. The summed E-state index contributed by atoms with van der Waals surface area (Å²) >= 11 is 0. The van der Waals surface area contributed by atoms with Gasteiger partial charge >= 0.3 is 11.9 Å². The van der Waals surface area contributed by atoms with Crippen LogP contribution in [-0.4, -0.2) is 26.6 Å². The highest BCUT2D eigenvalue weighted by molar-refractivity contribution is 5.93. The fourth-order valence-electron chi connectivity index (χ4n) is 5.36. The van der Waals surface area contributed by atoms with Crippen molar-refractivity contribution in [1.29, 1.82) is 0 Å². The zero-order valence-electron chi connectivity index (χ0n) is 20.7. The monoisotopic (exact) mass is 514 g/mol. The van der Waals surface area contributed by atoms with Gasteiger partial charge in [0.2, 0.25) is 0 Å². The number of aryl methyl sites for hydroxylation is 1. The van der Waals surface area contributed by atoms with E-state index in [0.717, 1.165) is 16.5 Å². The molecular formula is C29H23FN2O6. The van der Waals surface area contributed by atoms with Crippen LogP contribution in [0.25, 0.3) is 22.3 Å². The van der Waals surface area contributed by atoms with Gasteiger partial charge in [0.1, 0.15) is 18.2 Å². The molecule has 4 aromatic rings. The summed E-state index contributed by atoms with van der Waals surface area (Å²) in [4.78, 5) is 43.3. The average Bonchev–Trinajstić information content (AvgIpc) is 3.28. The summed E-state index contributed by atoms with van der Waals surface area (Å²) < 4.78 is 25.5. The quantitative estimate of drug-likeness (QED) is 0.285. The largest absolute Gasteiger partial charge is 0.458 e. The summed E-state index contributed by atoms with van der Waals surface area (Å²) in [6.07, 6.45) is 0.693. The Bertz CT molecular complexity index is 1730. The fourth-order valence-corrected chi connectivity index (χ4v) is 5.36. The van der Waals surface area contributed by atoms with Crippen molar-refractivity contribution >= 4 is 22.8 Å². The van der Waals surface area contributed by atoms with Crippen LogP contribution in [0.5, 0.6) is 5.75 Å². The second kappa shape index (κ2) is 8.59. The van der Waals surface area contributed by atoms with Gasteiger partial charge in [0.05, 0.1) is 34.6 Å². The molecule has 2 aromatic heterocycles. The smallest absolute Gasteiger partial charge is 0.343 e. The number of aromatic nitrogens is 2. The molecule has 192 valence electrons. The van der Waals surface area contributed by atoms with Crippen molar-refractivity contribution in [2.45, 2.75) is 45.4 Å². The van der Waals surface area contributed by atoms with E-state index in [2.05, 4.69) is 0 Å². The summed E-state index contributed by atoms with van der Waals surface area (Å²) in [7, 11) is 0. The number of rotatable bonds is 4. The van der Waals surface area contributed by atoms with Gasteiger partial charge in [0, 0.05) is 16.5 Å². The second-order valence-corrected chi connectivity index (χ2v) is 9.45. The number of benzene rings is 2. The zero-order chi connectivity index (χ0) is 26.8. The van der Waals surface area contributed by atoms with Gasteiger partial charge in [0.15, 0.2) is 5.60 Å². The predicted octanol–water partition coefficient (Wildman–Crippen LogP) is 4.00. The summed E-state index contributed by atoms with van der Waals surface area (Å²) in [5.41, 5.74) is 2.14. The lowest BCUT2D eigenvalue weighted by atomic mass is 9.86. The number of esters is 2. The van der Waals surface area contributed by atoms with E-state index >= 15 is 0 Å². The van der Waals surface area contributed by atoms with Gasteiger partial charge in [-0.1, -0.05) is 13.8 Å². The molecule has 1 atom stereocenters. The average molecular weight is 515 g/mol. The first-order valence-electron chi connectivity index (χ1n) is 12.4. The number of hydrogen-bond acceptors (Lipinski definition) is 7. The molecule has 38 heavy (non-hydrogen) atoms. The normalized spacial score (nSPS) is 17.5. The highest BCUT2D eigenvalue weighted by Crippen LogP contribution is 2.40. The van der Waals surface area contributed by atoms with Gasteiger partial charge < -0.3 is 19.1 Å². The summed E-state index contributed by atoms with van der Waals surface area (Å²) in [6, 6.07) is 11.9. The number of nitrogens with zero attached hydrogens (tertiary/aromatic N) is 2. The Balaban J connectivity index is 1.46. The van der Waals surface area contributed by atoms with Gasteiger partial charge in [-0.3, -0.25) is 4.79 Å². The molecule has 0 bridgehead atoms.